The summed E-state index contributed by atoms with van der Waals surface area (Å²) in [7, 11) is 1.54. The second-order valence-corrected chi connectivity index (χ2v) is 4.89. The molecule has 23 heavy (non-hydrogen) atoms. The molecular formula is C15H19N5O3. The van der Waals surface area contributed by atoms with Gasteiger partial charge in [0.05, 0.1) is 7.05 Å². The zero-order chi connectivity index (χ0) is 16.8. The Kier molecular flexibility index (Phi) is 5.29. The molecule has 1 N–H and O–H groups in total. The van der Waals surface area contributed by atoms with E-state index in [0.717, 1.165) is 18.7 Å². The highest BCUT2D eigenvalue weighted by molar-refractivity contribution is 5.46. The predicted octanol–water partition coefficient (Wildman–Crippen LogP) is 2.93. The first-order valence-electron chi connectivity index (χ1n) is 7.19. The van der Waals surface area contributed by atoms with Crippen molar-refractivity contribution in [2.75, 3.05) is 11.9 Å². The third-order valence-electron chi connectivity index (χ3n) is 3.25. The summed E-state index contributed by atoms with van der Waals surface area (Å²) >= 11 is 0. The van der Waals surface area contributed by atoms with E-state index in [9.17, 15) is 10.1 Å². The van der Waals surface area contributed by atoms with Gasteiger partial charge in [0, 0.05) is 12.2 Å². The minimum Gasteiger partial charge on any atom is -0.459 e. The van der Waals surface area contributed by atoms with E-state index in [1.807, 2.05) is 12.1 Å². The van der Waals surface area contributed by atoms with Gasteiger partial charge in [-0.1, -0.05) is 6.92 Å². The maximum atomic E-state index is 10.9. The van der Waals surface area contributed by atoms with E-state index in [4.69, 9.17) is 4.74 Å². The first-order valence-corrected chi connectivity index (χ1v) is 7.19. The molecule has 122 valence electrons. The molecule has 8 heteroatoms. The van der Waals surface area contributed by atoms with Gasteiger partial charge in [-0.25, -0.2) is 14.5 Å². The Bertz CT molecular complexity index is 681. The van der Waals surface area contributed by atoms with Crippen molar-refractivity contribution in [1.29, 1.82) is 0 Å². The van der Waals surface area contributed by atoms with Crippen molar-refractivity contribution in [1.82, 2.24) is 9.55 Å². The normalized spacial score (nSPS) is 11.7. The molecule has 0 spiro atoms. The fourth-order valence-electron chi connectivity index (χ4n) is 2.03. The lowest BCUT2D eigenvalue weighted by atomic mass is 10.3. The number of nitro groups is 1. The molecule has 8 nitrogen and oxygen atoms in total. The third kappa shape index (κ3) is 3.85. The maximum Gasteiger partial charge on any atom is 0.342 e. The number of imidazole rings is 1. The first kappa shape index (κ1) is 16.5. The van der Waals surface area contributed by atoms with E-state index in [-0.39, 0.29) is 5.82 Å². The van der Waals surface area contributed by atoms with Crippen molar-refractivity contribution >= 4 is 18.2 Å². The van der Waals surface area contributed by atoms with Crippen molar-refractivity contribution in [2.24, 2.45) is 12.0 Å². The zero-order valence-electron chi connectivity index (χ0n) is 13.1. The molecule has 1 unspecified atom stereocenters. The molecule has 1 heterocycles. The molecule has 0 aliphatic carbocycles. The lowest BCUT2D eigenvalue weighted by Crippen LogP contribution is -2.11. The van der Waals surface area contributed by atoms with Crippen molar-refractivity contribution in [3.05, 3.63) is 46.4 Å². The Morgan fingerprint density at radius 1 is 1.48 bits per heavy atom. The van der Waals surface area contributed by atoms with Crippen LogP contribution in [-0.4, -0.2) is 27.7 Å². The second-order valence-electron chi connectivity index (χ2n) is 4.89. The average Bonchev–Trinajstić information content (AvgIpc) is 2.93. The first-order chi connectivity index (χ1) is 11.1. The van der Waals surface area contributed by atoms with Crippen LogP contribution >= 0.6 is 0 Å². The van der Waals surface area contributed by atoms with Gasteiger partial charge in [-0.05, 0) is 42.3 Å². The molecule has 0 aliphatic heterocycles. The number of aromatic nitrogens is 2. The molecule has 1 aromatic carbocycles. The monoisotopic (exact) mass is 317 g/mol. The molecule has 0 saturated heterocycles. The minimum atomic E-state index is -0.817. The van der Waals surface area contributed by atoms with Crippen LogP contribution in [0.5, 0.6) is 5.75 Å². The lowest BCUT2D eigenvalue weighted by Gasteiger charge is -2.13. The SMILES string of the molecule is C=NC(Oc1ccc(NCCC)cc1)c1ncc([N+](=O)[O-])n1C. The topological polar surface area (TPSA) is 94.6 Å². The predicted molar refractivity (Wildman–Crippen MR) is 88.0 cm³/mol. The highest BCUT2D eigenvalue weighted by Gasteiger charge is 2.25. The Labute approximate surface area is 134 Å². The van der Waals surface area contributed by atoms with Crippen molar-refractivity contribution in [3.8, 4) is 5.75 Å². The van der Waals surface area contributed by atoms with E-state index in [0.29, 0.717) is 11.6 Å². The number of hydrogen-bond donors (Lipinski definition) is 1. The molecule has 0 radical (unpaired) electrons. The molecule has 0 fully saturated rings. The van der Waals surface area contributed by atoms with E-state index < -0.39 is 11.2 Å². The number of benzene rings is 1. The van der Waals surface area contributed by atoms with Crippen LogP contribution in [-0.2, 0) is 7.05 Å². The van der Waals surface area contributed by atoms with E-state index >= 15 is 0 Å². The van der Waals surface area contributed by atoms with Crippen molar-refractivity contribution in [3.63, 3.8) is 0 Å². The van der Waals surface area contributed by atoms with E-state index in [2.05, 4.69) is 28.9 Å². The summed E-state index contributed by atoms with van der Waals surface area (Å²) in [4.78, 5) is 18.2. The molecule has 0 bridgehead atoms. The average molecular weight is 317 g/mol. The molecule has 1 aromatic heterocycles. The minimum absolute atomic E-state index is 0.128. The summed E-state index contributed by atoms with van der Waals surface area (Å²) in [5, 5.41) is 14.1. The summed E-state index contributed by atoms with van der Waals surface area (Å²) in [6, 6.07) is 7.39. The standard InChI is InChI=1S/C15H19N5O3/c1-4-9-17-11-5-7-12(8-6-11)23-15(16-2)14-18-10-13(19(14)3)20(21)22/h5-8,10,15,17H,2,4,9H2,1,3H3. The summed E-state index contributed by atoms with van der Waals surface area (Å²) in [5.74, 6) is 0.770. The van der Waals surface area contributed by atoms with Crippen LogP contribution in [0.15, 0.2) is 35.5 Å². The number of nitrogens with one attached hydrogen (secondary N) is 1. The Balaban J connectivity index is 2.13. The number of anilines is 1. The number of nitrogens with zero attached hydrogens (tertiary/aromatic N) is 4. The Hall–Kier alpha value is -2.90. The van der Waals surface area contributed by atoms with Gasteiger partial charge >= 0.3 is 5.82 Å². The van der Waals surface area contributed by atoms with Crippen LogP contribution in [0.25, 0.3) is 0 Å². The van der Waals surface area contributed by atoms with E-state index in [1.54, 1.807) is 19.2 Å². The van der Waals surface area contributed by atoms with Gasteiger partial charge in [0.15, 0.2) is 0 Å². The molecule has 0 saturated carbocycles. The van der Waals surface area contributed by atoms with Crippen LogP contribution in [0.2, 0.25) is 0 Å². The zero-order valence-corrected chi connectivity index (χ0v) is 13.1. The molecule has 1 atom stereocenters. The highest BCUT2D eigenvalue weighted by Crippen LogP contribution is 2.25. The second kappa shape index (κ2) is 7.39. The van der Waals surface area contributed by atoms with Gasteiger partial charge in [-0.3, -0.25) is 0 Å². The molecule has 0 aliphatic rings. The number of hydrogen-bond acceptors (Lipinski definition) is 6. The van der Waals surface area contributed by atoms with Crippen LogP contribution in [0.3, 0.4) is 0 Å². The smallest absolute Gasteiger partial charge is 0.342 e. The van der Waals surface area contributed by atoms with Gasteiger partial charge in [0.1, 0.15) is 11.9 Å². The van der Waals surface area contributed by atoms with Gasteiger partial charge in [-0.15, -0.1) is 0 Å². The molecule has 2 rings (SSSR count). The van der Waals surface area contributed by atoms with Gasteiger partial charge in [-0.2, -0.15) is 0 Å². The van der Waals surface area contributed by atoms with Gasteiger partial charge in [0.25, 0.3) is 12.1 Å². The fraction of sp³-hybridized carbons (Fsp3) is 0.333. The fourth-order valence-corrected chi connectivity index (χ4v) is 2.03. The summed E-state index contributed by atoms with van der Waals surface area (Å²) < 4.78 is 7.05. The van der Waals surface area contributed by atoms with Crippen LogP contribution < -0.4 is 10.1 Å². The Morgan fingerprint density at radius 2 is 2.17 bits per heavy atom. The maximum absolute atomic E-state index is 10.9. The Morgan fingerprint density at radius 3 is 2.70 bits per heavy atom. The van der Waals surface area contributed by atoms with Crippen LogP contribution in [0.4, 0.5) is 11.5 Å². The molecule has 0 amide bonds. The third-order valence-corrected chi connectivity index (χ3v) is 3.25. The largest absolute Gasteiger partial charge is 0.459 e. The molecular weight excluding hydrogens is 298 g/mol. The van der Waals surface area contributed by atoms with Gasteiger partial charge < -0.3 is 20.2 Å². The quantitative estimate of drug-likeness (QED) is 0.459. The van der Waals surface area contributed by atoms with Crippen LogP contribution in [0.1, 0.15) is 25.4 Å². The summed E-state index contributed by atoms with van der Waals surface area (Å²) in [6.07, 6.45) is 1.40. The number of rotatable bonds is 8. The van der Waals surface area contributed by atoms with Crippen molar-refractivity contribution < 1.29 is 9.66 Å². The highest BCUT2D eigenvalue weighted by atomic mass is 16.6. The summed E-state index contributed by atoms with van der Waals surface area (Å²) in [5.41, 5.74) is 0.995. The number of aliphatic imine (C=N–C) groups is 1. The van der Waals surface area contributed by atoms with Crippen molar-refractivity contribution in [2.45, 2.75) is 19.6 Å². The molecule has 2 aromatic rings. The van der Waals surface area contributed by atoms with Crippen LogP contribution in [0, 0.1) is 10.1 Å². The van der Waals surface area contributed by atoms with Gasteiger partial charge in [0.2, 0.25) is 0 Å². The number of ether oxygens (including phenoxy) is 1. The summed E-state index contributed by atoms with van der Waals surface area (Å²) in [6.45, 7) is 6.47. The van der Waals surface area contributed by atoms with E-state index in [1.165, 1.54) is 10.8 Å². The lowest BCUT2D eigenvalue weighted by molar-refractivity contribution is -0.391.